The first kappa shape index (κ1) is 18.3. The van der Waals surface area contributed by atoms with Gasteiger partial charge in [0.05, 0.1) is 6.61 Å². The summed E-state index contributed by atoms with van der Waals surface area (Å²) in [7, 11) is 0. The van der Waals surface area contributed by atoms with E-state index in [1.54, 1.807) is 11.8 Å². The maximum atomic E-state index is 13.2. The molecule has 0 spiro atoms. The lowest BCUT2D eigenvalue weighted by Gasteiger charge is -2.34. The molecule has 1 saturated heterocycles. The molecule has 2 aromatic rings. The minimum atomic E-state index is 0.0433. The number of nitrogens with zero attached hydrogens (tertiary/aromatic N) is 3. The fourth-order valence-electron chi connectivity index (χ4n) is 3.74. The van der Waals surface area contributed by atoms with Crippen LogP contribution in [0, 0.1) is 6.92 Å². The molecule has 0 bridgehead atoms. The number of hydrogen-bond donors (Lipinski definition) is 0. The van der Waals surface area contributed by atoms with Crippen LogP contribution in [0.5, 0.6) is 5.75 Å². The number of amides is 2. The Labute approximate surface area is 154 Å². The van der Waals surface area contributed by atoms with Crippen molar-refractivity contribution in [2.24, 2.45) is 0 Å². The molecule has 0 aliphatic carbocycles. The average Bonchev–Trinajstić information content (AvgIpc) is 2.93. The van der Waals surface area contributed by atoms with Crippen molar-refractivity contribution in [3.8, 4) is 5.75 Å². The molecule has 2 heterocycles. The first-order valence-electron chi connectivity index (χ1n) is 9.28. The second-order valence-electron chi connectivity index (χ2n) is 6.63. The number of hydrogen-bond acceptors (Lipinski definition) is 3. The lowest BCUT2D eigenvalue weighted by molar-refractivity contribution is -0.130. The van der Waals surface area contributed by atoms with Gasteiger partial charge in [-0.05, 0) is 44.5 Å². The molecule has 3 rings (SSSR count). The van der Waals surface area contributed by atoms with Gasteiger partial charge in [-0.3, -0.25) is 9.59 Å². The largest absolute Gasteiger partial charge is 0.494 e. The Morgan fingerprint density at radius 3 is 2.31 bits per heavy atom. The summed E-state index contributed by atoms with van der Waals surface area (Å²) in [6, 6.07) is 6.00. The first-order chi connectivity index (χ1) is 12.5. The van der Waals surface area contributed by atoms with Crippen LogP contribution in [0.1, 0.15) is 36.8 Å². The number of carbonyl (C=O) groups excluding carboxylic acids is 2. The molecule has 0 radical (unpaired) electrons. The van der Waals surface area contributed by atoms with Gasteiger partial charge < -0.3 is 19.1 Å². The van der Waals surface area contributed by atoms with Crippen LogP contribution in [-0.2, 0) is 11.3 Å². The molecular weight excluding hydrogens is 330 g/mol. The maximum absolute atomic E-state index is 13.2. The molecule has 0 atom stereocenters. The summed E-state index contributed by atoms with van der Waals surface area (Å²) in [6.07, 6.45) is 0. The zero-order valence-electron chi connectivity index (χ0n) is 16.0. The summed E-state index contributed by atoms with van der Waals surface area (Å²) in [5.74, 6) is 0.937. The van der Waals surface area contributed by atoms with Crippen LogP contribution in [0.4, 0.5) is 0 Å². The highest BCUT2D eigenvalue weighted by molar-refractivity contribution is 6.02. The molecule has 0 saturated carbocycles. The van der Waals surface area contributed by atoms with Gasteiger partial charge in [-0.1, -0.05) is 0 Å². The SMILES string of the molecule is CCOc1ccc2c(c1)c(C)c(C(=O)N1CCN(C(C)=O)CC1)n2CC. The smallest absolute Gasteiger partial charge is 0.270 e. The number of carbonyl (C=O) groups is 2. The Bertz CT molecular complexity index is 832. The third-order valence-corrected chi connectivity index (χ3v) is 5.13. The number of rotatable bonds is 4. The number of piperazine rings is 1. The van der Waals surface area contributed by atoms with Crippen LogP contribution in [0.2, 0.25) is 0 Å². The van der Waals surface area contributed by atoms with Gasteiger partial charge in [0.15, 0.2) is 0 Å². The minimum Gasteiger partial charge on any atom is -0.494 e. The molecule has 1 aromatic carbocycles. The first-order valence-corrected chi connectivity index (χ1v) is 9.28. The van der Waals surface area contributed by atoms with E-state index < -0.39 is 0 Å². The standard InChI is InChI=1S/C20H27N3O3/c1-5-23-18-8-7-16(26-6-2)13-17(18)14(3)19(23)20(25)22-11-9-21(10-12-22)15(4)24/h7-8,13H,5-6,9-12H2,1-4H3. The zero-order valence-corrected chi connectivity index (χ0v) is 16.0. The fourth-order valence-corrected chi connectivity index (χ4v) is 3.74. The van der Waals surface area contributed by atoms with Crippen LogP contribution in [0.15, 0.2) is 18.2 Å². The van der Waals surface area contributed by atoms with E-state index in [9.17, 15) is 9.59 Å². The number of aromatic nitrogens is 1. The van der Waals surface area contributed by atoms with Gasteiger partial charge in [0, 0.05) is 50.6 Å². The number of aryl methyl sites for hydroxylation is 2. The summed E-state index contributed by atoms with van der Waals surface area (Å²) in [6.45, 7) is 11.3. The molecule has 1 aromatic heterocycles. The maximum Gasteiger partial charge on any atom is 0.270 e. The van der Waals surface area contributed by atoms with Crippen LogP contribution >= 0.6 is 0 Å². The molecule has 2 amide bonds. The molecule has 6 heteroatoms. The molecule has 1 fully saturated rings. The number of benzene rings is 1. The Hall–Kier alpha value is -2.50. The summed E-state index contributed by atoms with van der Waals surface area (Å²) in [5.41, 5.74) is 2.79. The summed E-state index contributed by atoms with van der Waals surface area (Å²) < 4.78 is 7.70. The van der Waals surface area contributed by atoms with Gasteiger partial charge in [0.25, 0.3) is 5.91 Å². The van der Waals surface area contributed by atoms with Crippen LogP contribution < -0.4 is 4.74 Å². The Morgan fingerprint density at radius 1 is 1.08 bits per heavy atom. The quantitative estimate of drug-likeness (QED) is 0.845. The van der Waals surface area contributed by atoms with Gasteiger partial charge in [-0.15, -0.1) is 0 Å². The van der Waals surface area contributed by atoms with Gasteiger partial charge >= 0.3 is 0 Å². The molecule has 0 N–H and O–H groups in total. The lowest BCUT2D eigenvalue weighted by atomic mass is 10.1. The third-order valence-electron chi connectivity index (χ3n) is 5.13. The lowest BCUT2D eigenvalue weighted by Crippen LogP contribution is -2.50. The number of ether oxygens (including phenoxy) is 1. The second-order valence-corrected chi connectivity index (χ2v) is 6.63. The Kier molecular flexibility index (Phi) is 5.20. The average molecular weight is 357 g/mol. The van der Waals surface area contributed by atoms with E-state index in [1.165, 1.54) is 0 Å². The van der Waals surface area contributed by atoms with E-state index in [1.807, 2.05) is 36.9 Å². The third kappa shape index (κ3) is 3.16. The molecule has 140 valence electrons. The van der Waals surface area contributed by atoms with Gasteiger partial charge in [0.1, 0.15) is 11.4 Å². The highest BCUT2D eigenvalue weighted by Crippen LogP contribution is 2.30. The monoisotopic (exact) mass is 357 g/mol. The van der Waals surface area contributed by atoms with E-state index in [0.717, 1.165) is 34.5 Å². The van der Waals surface area contributed by atoms with Crippen LogP contribution in [0.25, 0.3) is 10.9 Å². The normalized spacial score (nSPS) is 14.8. The van der Waals surface area contributed by atoms with E-state index in [2.05, 4.69) is 11.5 Å². The van der Waals surface area contributed by atoms with Crippen molar-refractivity contribution in [3.63, 3.8) is 0 Å². The Morgan fingerprint density at radius 2 is 1.73 bits per heavy atom. The van der Waals surface area contributed by atoms with Crippen molar-refractivity contribution in [1.82, 2.24) is 14.4 Å². The minimum absolute atomic E-state index is 0.0433. The van der Waals surface area contributed by atoms with Gasteiger partial charge in [0.2, 0.25) is 5.91 Å². The number of fused-ring (bicyclic) bond motifs is 1. The molecule has 0 unspecified atom stereocenters. The molecule has 1 aliphatic heterocycles. The Balaban J connectivity index is 1.95. The highest BCUT2D eigenvalue weighted by atomic mass is 16.5. The van der Waals surface area contributed by atoms with Crippen molar-refractivity contribution >= 4 is 22.7 Å². The molecule has 6 nitrogen and oxygen atoms in total. The van der Waals surface area contributed by atoms with E-state index in [-0.39, 0.29) is 11.8 Å². The molecular formula is C20H27N3O3. The van der Waals surface area contributed by atoms with Gasteiger partial charge in [-0.25, -0.2) is 0 Å². The summed E-state index contributed by atoms with van der Waals surface area (Å²) in [5, 5.41) is 1.06. The van der Waals surface area contributed by atoms with Crippen molar-refractivity contribution in [3.05, 3.63) is 29.5 Å². The van der Waals surface area contributed by atoms with Crippen molar-refractivity contribution in [2.75, 3.05) is 32.8 Å². The van der Waals surface area contributed by atoms with Crippen molar-refractivity contribution in [2.45, 2.75) is 34.2 Å². The van der Waals surface area contributed by atoms with E-state index in [0.29, 0.717) is 32.8 Å². The second kappa shape index (κ2) is 7.40. The van der Waals surface area contributed by atoms with E-state index in [4.69, 9.17) is 4.74 Å². The molecule has 1 aliphatic rings. The van der Waals surface area contributed by atoms with E-state index >= 15 is 0 Å². The predicted octanol–water partition coefficient (Wildman–Crippen LogP) is 2.67. The van der Waals surface area contributed by atoms with Gasteiger partial charge in [-0.2, -0.15) is 0 Å². The summed E-state index contributed by atoms with van der Waals surface area (Å²) in [4.78, 5) is 28.4. The highest BCUT2D eigenvalue weighted by Gasteiger charge is 2.27. The summed E-state index contributed by atoms with van der Waals surface area (Å²) >= 11 is 0. The molecule has 26 heavy (non-hydrogen) atoms. The van der Waals surface area contributed by atoms with Crippen molar-refractivity contribution in [1.29, 1.82) is 0 Å². The zero-order chi connectivity index (χ0) is 18.8. The van der Waals surface area contributed by atoms with Crippen LogP contribution in [-0.4, -0.2) is 59.0 Å². The fraction of sp³-hybridized carbons (Fsp3) is 0.500. The van der Waals surface area contributed by atoms with Crippen LogP contribution in [0.3, 0.4) is 0 Å². The van der Waals surface area contributed by atoms with Crippen molar-refractivity contribution < 1.29 is 14.3 Å². The predicted molar refractivity (Wildman–Crippen MR) is 102 cm³/mol. The topological polar surface area (TPSA) is 54.8 Å².